The molecule has 1 heterocycles. The maximum atomic E-state index is 9.28. The van der Waals surface area contributed by atoms with Crippen molar-refractivity contribution in [3.05, 3.63) is 16.1 Å². The van der Waals surface area contributed by atoms with Crippen LogP contribution in [0.5, 0.6) is 0 Å². The topological polar surface area (TPSA) is 39.9 Å². The molecule has 0 amide bonds. The van der Waals surface area contributed by atoms with E-state index in [0.29, 0.717) is 6.04 Å². The second-order valence-electron chi connectivity index (χ2n) is 5.49. The highest BCUT2D eigenvalue weighted by Crippen LogP contribution is 2.32. The van der Waals surface area contributed by atoms with Crippen LogP contribution < -0.4 is 0 Å². The molecule has 1 aromatic heterocycles. The van der Waals surface area contributed by atoms with Crippen LogP contribution in [0, 0.1) is 30.1 Å². The van der Waals surface area contributed by atoms with Gasteiger partial charge in [0.2, 0.25) is 0 Å². The molecule has 98 valence electrons. The van der Waals surface area contributed by atoms with E-state index < -0.39 is 0 Å². The summed E-state index contributed by atoms with van der Waals surface area (Å²) in [6.07, 6.45) is 3.37. The Morgan fingerprint density at radius 3 is 2.94 bits per heavy atom. The van der Waals surface area contributed by atoms with Gasteiger partial charge < -0.3 is 0 Å². The van der Waals surface area contributed by atoms with Gasteiger partial charge in [-0.05, 0) is 39.2 Å². The Bertz CT molecular complexity index is 434. The summed E-state index contributed by atoms with van der Waals surface area (Å²) in [6, 6.07) is 2.88. The molecule has 1 fully saturated rings. The number of rotatable bonds is 3. The molecule has 1 saturated carbocycles. The standard InChI is InChI=1S/C14H21N3S/c1-10-4-5-12(7-15)14(6-10)17(3)8-13-9-18-11(2)16-13/h9-10,12,14H,4-6,8H2,1-3H3. The molecular formula is C14H21N3S. The van der Waals surface area contributed by atoms with Crippen LogP contribution in [0.2, 0.25) is 0 Å². The molecule has 0 bridgehead atoms. The highest BCUT2D eigenvalue weighted by molar-refractivity contribution is 7.09. The Morgan fingerprint density at radius 1 is 1.56 bits per heavy atom. The van der Waals surface area contributed by atoms with E-state index in [4.69, 9.17) is 0 Å². The van der Waals surface area contributed by atoms with Crippen LogP contribution in [0.25, 0.3) is 0 Å². The van der Waals surface area contributed by atoms with Crippen LogP contribution in [0.15, 0.2) is 5.38 Å². The van der Waals surface area contributed by atoms with Gasteiger partial charge in [-0.3, -0.25) is 4.90 Å². The molecule has 0 aliphatic heterocycles. The molecule has 4 heteroatoms. The quantitative estimate of drug-likeness (QED) is 0.840. The van der Waals surface area contributed by atoms with E-state index in [0.717, 1.165) is 36.0 Å². The fourth-order valence-corrected chi connectivity index (χ4v) is 3.45. The molecule has 1 aliphatic rings. The van der Waals surface area contributed by atoms with Gasteiger partial charge in [-0.15, -0.1) is 11.3 Å². The minimum absolute atomic E-state index is 0.186. The third kappa shape index (κ3) is 3.09. The Hall–Kier alpha value is -0.920. The summed E-state index contributed by atoms with van der Waals surface area (Å²) >= 11 is 1.70. The minimum Gasteiger partial charge on any atom is -0.296 e. The van der Waals surface area contributed by atoms with E-state index in [2.05, 4.69) is 35.3 Å². The van der Waals surface area contributed by atoms with E-state index >= 15 is 0 Å². The third-order valence-electron chi connectivity index (χ3n) is 3.89. The molecule has 2 rings (SSSR count). The molecule has 0 radical (unpaired) electrons. The summed E-state index contributed by atoms with van der Waals surface area (Å²) in [5.41, 5.74) is 1.13. The Labute approximate surface area is 113 Å². The van der Waals surface area contributed by atoms with Gasteiger partial charge in [0.25, 0.3) is 0 Å². The van der Waals surface area contributed by atoms with Crippen molar-refractivity contribution in [3.63, 3.8) is 0 Å². The molecular weight excluding hydrogens is 242 g/mol. The Balaban J connectivity index is 2.02. The zero-order valence-electron chi connectivity index (χ0n) is 11.4. The fourth-order valence-electron chi connectivity index (χ4n) is 2.84. The summed E-state index contributed by atoms with van der Waals surface area (Å²) < 4.78 is 0. The van der Waals surface area contributed by atoms with Crippen molar-refractivity contribution in [2.45, 2.75) is 45.7 Å². The number of hydrogen-bond acceptors (Lipinski definition) is 4. The zero-order chi connectivity index (χ0) is 13.1. The van der Waals surface area contributed by atoms with Gasteiger partial charge in [0, 0.05) is 18.0 Å². The summed E-state index contributed by atoms with van der Waals surface area (Å²) in [6.45, 7) is 5.19. The molecule has 3 nitrogen and oxygen atoms in total. The van der Waals surface area contributed by atoms with Crippen molar-refractivity contribution in [2.24, 2.45) is 11.8 Å². The van der Waals surface area contributed by atoms with Gasteiger partial charge in [0.1, 0.15) is 0 Å². The predicted octanol–water partition coefficient (Wildman–Crippen LogP) is 3.21. The number of nitriles is 1. The molecule has 3 unspecified atom stereocenters. The van der Waals surface area contributed by atoms with Gasteiger partial charge in [-0.2, -0.15) is 5.26 Å². The van der Waals surface area contributed by atoms with Gasteiger partial charge >= 0.3 is 0 Å². The maximum absolute atomic E-state index is 9.28. The molecule has 3 atom stereocenters. The molecule has 0 aromatic carbocycles. The van der Waals surface area contributed by atoms with Crippen molar-refractivity contribution in [3.8, 4) is 6.07 Å². The average Bonchev–Trinajstić information content (AvgIpc) is 2.74. The number of aromatic nitrogens is 1. The lowest BCUT2D eigenvalue weighted by molar-refractivity contribution is 0.124. The SMILES string of the molecule is Cc1nc(CN(C)C2CC(C)CCC2C#N)cs1. The van der Waals surface area contributed by atoms with Crippen molar-refractivity contribution in [1.82, 2.24) is 9.88 Å². The van der Waals surface area contributed by atoms with Crippen LogP contribution in [0.3, 0.4) is 0 Å². The average molecular weight is 263 g/mol. The van der Waals surface area contributed by atoms with Gasteiger partial charge in [0.05, 0.1) is 22.7 Å². The second-order valence-corrected chi connectivity index (χ2v) is 6.56. The second kappa shape index (κ2) is 5.81. The smallest absolute Gasteiger partial charge is 0.0897 e. The fraction of sp³-hybridized carbons (Fsp3) is 0.714. The van der Waals surface area contributed by atoms with Crippen molar-refractivity contribution in [1.29, 1.82) is 5.26 Å². The first-order chi connectivity index (χ1) is 8.60. The van der Waals surface area contributed by atoms with E-state index in [9.17, 15) is 5.26 Å². The van der Waals surface area contributed by atoms with E-state index in [1.807, 2.05) is 6.92 Å². The van der Waals surface area contributed by atoms with Crippen LogP contribution in [-0.4, -0.2) is 23.0 Å². The lowest BCUT2D eigenvalue weighted by Crippen LogP contribution is -2.41. The number of aryl methyl sites for hydroxylation is 1. The molecule has 0 saturated heterocycles. The monoisotopic (exact) mass is 263 g/mol. The third-order valence-corrected chi connectivity index (χ3v) is 4.71. The normalized spacial score (nSPS) is 28.3. The minimum atomic E-state index is 0.186. The highest BCUT2D eigenvalue weighted by atomic mass is 32.1. The number of thiazole rings is 1. The number of nitrogens with zero attached hydrogens (tertiary/aromatic N) is 3. The molecule has 1 aliphatic carbocycles. The first-order valence-corrected chi connectivity index (χ1v) is 7.49. The molecule has 18 heavy (non-hydrogen) atoms. The van der Waals surface area contributed by atoms with Crippen LogP contribution in [-0.2, 0) is 6.54 Å². The first kappa shape index (κ1) is 13.5. The largest absolute Gasteiger partial charge is 0.296 e. The molecule has 0 spiro atoms. The molecule has 0 N–H and O–H groups in total. The summed E-state index contributed by atoms with van der Waals surface area (Å²) in [5, 5.41) is 12.5. The van der Waals surface area contributed by atoms with E-state index in [1.54, 1.807) is 11.3 Å². The Morgan fingerprint density at radius 2 is 2.33 bits per heavy atom. The molecule has 1 aromatic rings. The van der Waals surface area contributed by atoms with E-state index in [1.165, 1.54) is 6.42 Å². The predicted molar refractivity (Wildman–Crippen MR) is 74.2 cm³/mol. The first-order valence-electron chi connectivity index (χ1n) is 6.61. The maximum Gasteiger partial charge on any atom is 0.0897 e. The van der Waals surface area contributed by atoms with Crippen molar-refractivity contribution >= 4 is 11.3 Å². The summed E-state index contributed by atoms with van der Waals surface area (Å²) in [4.78, 5) is 6.83. The van der Waals surface area contributed by atoms with Gasteiger partial charge in [0.15, 0.2) is 0 Å². The summed E-state index contributed by atoms with van der Waals surface area (Å²) in [5.74, 6) is 0.921. The van der Waals surface area contributed by atoms with Crippen molar-refractivity contribution in [2.75, 3.05) is 7.05 Å². The Kier molecular flexibility index (Phi) is 4.36. The van der Waals surface area contributed by atoms with Gasteiger partial charge in [-0.1, -0.05) is 6.92 Å². The van der Waals surface area contributed by atoms with Gasteiger partial charge in [-0.25, -0.2) is 4.98 Å². The zero-order valence-corrected chi connectivity index (χ0v) is 12.2. The van der Waals surface area contributed by atoms with Crippen LogP contribution in [0.1, 0.15) is 36.9 Å². The van der Waals surface area contributed by atoms with Crippen molar-refractivity contribution < 1.29 is 0 Å². The lowest BCUT2D eigenvalue weighted by Gasteiger charge is -2.37. The van der Waals surface area contributed by atoms with Crippen LogP contribution in [0.4, 0.5) is 0 Å². The van der Waals surface area contributed by atoms with E-state index in [-0.39, 0.29) is 5.92 Å². The lowest BCUT2D eigenvalue weighted by atomic mass is 9.79. The highest BCUT2D eigenvalue weighted by Gasteiger charge is 2.31. The summed E-state index contributed by atoms with van der Waals surface area (Å²) in [7, 11) is 2.13. The van der Waals surface area contributed by atoms with Crippen LogP contribution >= 0.6 is 11.3 Å². The number of hydrogen-bond donors (Lipinski definition) is 0.